The first-order valence-corrected chi connectivity index (χ1v) is 8.05. The van der Waals surface area contributed by atoms with Crippen molar-refractivity contribution < 1.29 is 9.18 Å². The maximum atomic E-state index is 13.3. The number of thioether (sulfide) groups is 1. The lowest BCUT2D eigenvalue weighted by Gasteiger charge is -2.15. The Labute approximate surface area is 122 Å². The number of anilines is 1. The molecule has 20 heavy (non-hydrogen) atoms. The smallest absolute Gasteiger partial charge is 0.255 e. The van der Waals surface area contributed by atoms with Gasteiger partial charge in [-0.25, -0.2) is 9.37 Å². The summed E-state index contributed by atoms with van der Waals surface area (Å²) in [5, 5.41) is 5.94. The molecule has 2 rings (SSSR count). The minimum Gasteiger partial charge on any atom is -0.369 e. The van der Waals surface area contributed by atoms with Gasteiger partial charge in [0, 0.05) is 17.8 Å². The topological polar surface area (TPSA) is 54.0 Å². The van der Waals surface area contributed by atoms with Crippen molar-refractivity contribution in [3.63, 3.8) is 0 Å². The van der Waals surface area contributed by atoms with Crippen LogP contribution in [0.3, 0.4) is 0 Å². The van der Waals surface area contributed by atoms with E-state index in [9.17, 15) is 9.18 Å². The van der Waals surface area contributed by atoms with E-state index >= 15 is 0 Å². The number of pyridine rings is 1. The summed E-state index contributed by atoms with van der Waals surface area (Å²) in [6, 6.07) is 1.24. The molecule has 0 spiro atoms. The summed E-state index contributed by atoms with van der Waals surface area (Å²) in [4.78, 5) is 16.2. The minimum absolute atomic E-state index is 0.188. The molecule has 1 fully saturated rings. The van der Waals surface area contributed by atoms with Crippen molar-refractivity contribution >= 4 is 23.5 Å². The third kappa shape index (κ3) is 3.62. The maximum Gasteiger partial charge on any atom is 0.255 e. The van der Waals surface area contributed by atoms with Crippen LogP contribution >= 0.6 is 11.8 Å². The molecular weight excluding hydrogens is 277 g/mol. The molecule has 0 bridgehead atoms. The average Bonchev–Trinajstić information content (AvgIpc) is 3.24. The van der Waals surface area contributed by atoms with E-state index in [1.165, 1.54) is 6.07 Å². The SMILES string of the molecule is CCCNc1ncc(F)cc1C(=O)NCC1(SC)CC1. The Morgan fingerprint density at radius 2 is 2.30 bits per heavy atom. The molecule has 2 N–H and O–H groups in total. The van der Waals surface area contributed by atoms with Gasteiger partial charge in [0.15, 0.2) is 0 Å². The molecule has 1 saturated carbocycles. The highest BCUT2D eigenvalue weighted by Crippen LogP contribution is 2.46. The predicted molar refractivity (Wildman–Crippen MR) is 80.8 cm³/mol. The van der Waals surface area contributed by atoms with Gasteiger partial charge in [0.25, 0.3) is 5.91 Å². The Kier molecular flexibility index (Phi) is 4.86. The number of hydrogen-bond donors (Lipinski definition) is 2. The molecule has 1 aliphatic rings. The van der Waals surface area contributed by atoms with Crippen molar-refractivity contribution in [3.05, 3.63) is 23.6 Å². The summed E-state index contributed by atoms with van der Waals surface area (Å²) in [6.45, 7) is 3.34. The molecule has 0 atom stereocenters. The average molecular weight is 297 g/mol. The molecule has 6 heteroatoms. The minimum atomic E-state index is -0.497. The van der Waals surface area contributed by atoms with E-state index in [1.807, 2.05) is 6.92 Å². The van der Waals surface area contributed by atoms with Crippen molar-refractivity contribution in [3.8, 4) is 0 Å². The molecule has 0 unspecified atom stereocenters. The van der Waals surface area contributed by atoms with Crippen LogP contribution in [0, 0.1) is 5.82 Å². The fraction of sp³-hybridized carbons (Fsp3) is 0.571. The van der Waals surface area contributed by atoms with E-state index in [1.54, 1.807) is 11.8 Å². The molecule has 1 aromatic rings. The molecule has 1 heterocycles. The van der Waals surface area contributed by atoms with Gasteiger partial charge in [-0.15, -0.1) is 0 Å². The maximum absolute atomic E-state index is 13.3. The monoisotopic (exact) mass is 297 g/mol. The first kappa shape index (κ1) is 15.1. The lowest BCUT2D eigenvalue weighted by atomic mass is 10.2. The molecule has 0 aromatic carbocycles. The Hall–Kier alpha value is -1.30. The highest BCUT2D eigenvalue weighted by atomic mass is 32.2. The zero-order valence-electron chi connectivity index (χ0n) is 11.8. The number of hydrogen-bond acceptors (Lipinski definition) is 4. The van der Waals surface area contributed by atoms with Crippen molar-refractivity contribution in [2.24, 2.45) is 0 Å². The quantitative estimate of drug-likeness (QED) is 0.812. The Morgan fingerprint density at radius 1 is 1.55 bits per heavy atom. The van der Waals surface area contributed by atoms with Crippen LogP contribution in [0.25, 0.3) is 0 Å². The standard InChI is InChI=1S/C14H20FN3OS/c1-3-6-16-12-11(7-10(15)8-17-12)13(19)18-9-14(20-2)4-5-14/h7-8H,3-6,9H2,1-2H3,(H,16,17)(H,18,19). The molecule has 1 aliphatic carbocycles. The second-order valence-corrected chi connectivity index (χ2v) is 6.32. The molecular formula is C14H20FN3OS. The summed E-state index contributed by atoms with van der Waals surface area (Å²) in [7, 11) is 0. The molecule has 0 aliphatic heterocycles. The van der Waals surface area contributed by atoms with Gasteiger partial charge in [0.1, 0.15) is 11.6 Å². The third-order valence-electron chi connectivity index (χ3n) is 3.45. The van der Waals surface area contributed by atoms with Gasteiger partial charge in [-0.3, -0.25) is 4.79 Å². The van der Waals surface area contributed by atoms with Crippen molar-refractivity contribution in [1.82, 2.24) is 10.3 Å². The van der Waals surface area contributed by atoms with E-state index in [0.29, 0.717) is 18.9 Å². The molecule has 1 amide bonds. The molecule has 0 saturated heterocycles. The Bertz CT molecular complexity index is 491. The van der Waals surface area contributed by atoms with E-state index in [-0.39, 0.29) is 16.2 Å². The van der Waals surface area contributed by atoms with Gasteiger partial charge in [0.2, 0.25) is 0 Å². The van der Waals surface area contributed by atoms with Crippen LogP contribution in [-0.4, -0.2) is 35.0 Å². The van der Waals surface area contributed by atoms with Gasteiger partial charge < -0.3 is 10.6 Å². The van der Waals surface area contributed by atoms with Crippen molar-refractivity contribution in [2.45, 2.75) is 30.9 Å². The number of nitrogens with zero attached hydrogens (tertiary/aromatic N) is 1. The second kappa shape index (κ2) is 6.43. The van der Waals surface area contributed by atoms with E-state index < -0.39 is 5.82 Å². The van der Waals surface area contributed by atoms with E-state index in [4.69, 9.17) is 0 Å². The lowest BCUT2D eigenvalue weighted by Crippen LogP contribution is -2.32. The summed E-state index contributed by atoms with van der Waals surface area (Å²) in [5.41, 5.74) is 0.273. The van der Waals surface area contributed by atoms with Crippen LogP contribution < -0.4 is 10.6 Å². The molecule has 1 aromatic heterocycles. The fourth-order valence-electron chi connectivity index (χ4n) is 1.93. The number of rotatable bonds is 7. The summed E-state index contributed by atoms with van der Waals surface area (Å²) >= 11 is 1.78. The van der Waals surface area contributed by atoms with Crippen LogP contribution in [0.5, 0.6) is 0 Å². The van der Waals surface area contributed by atoms with Gasteiger partial charge in [0.05, 0.1) is 11.8 Å². The normalized spacial score (nSPS) is 15.8. The van der Waals surface area contributed by atoms with Crippen LogP contribution in [0.1, 0.15) is 36.5 Å². The molecule has 4 nitrogen and oxygen atoms in total. The molecule has 0 radical (unpaired) electrons. The highest BCUT2D eigenvalue weighted by Gasteiger charge is 2.42. The fourth-order valence-corrected chi connectivity index (χ4v) is 2.65. The largest absolute Gasteiger partial charge is 0.369 e. The van der Waals surface area contributed by atoms with Crippen LogP contribution in [-0.2, 0) is 0 Å². The van der Waals surface area contributed by atoms with Gasteiger partial charge in [-0.2, -0.15) is 11.8 Å². The number of aromatic nitrogens is 1. The van der Waals surface area contributed by atoms with Crippen molar-refractivity contribution in [2.75, 3.05) is 24.7 Å². The highest BCUT2D eigenvalue weighted by molar-refractivity contribution is 8.00. The van der Waals surface area contributed by atoms with Crippen LogP contribution in [0.2, 0.25) is 0 Å². The number of nitrogens with one attached hydrogen (secondary N) is 2. The van der Waals surface area contributed by atoms with Gasteiger partial charge in [-0.05, 0) is 31.6 Å². The van der Waals surface area contributed by atoms with Crippen LogP contribution in [0.4, 0.5) is 10.2 Å². The Balaban J connectivity index is 2.05. The first-order chi connectivity index (χ1) is 9.60. The number of carbonyl (C=O) groups excluding carboxylic acids is 1. The summed E-state index contributed by atoms with van der Waals surface area (Å²) in [5.74, 6) is -0.320. The van der Waals surface area contributed by atoms with Gasteiger partial charge in [-0.1, -0.05) is 6.92 Å². The third-order valence-corrected chi connectivity index (χ3v) is 4.87. The number of carbonyl (C=O) groups is 1. The van der Waals surface area contributed by atoms with Crippen LogP contribution in [0.15, 0.2) is 12.3 Å². The lowest BCUT2D eigenvalue weighted by molar-refractivity contribution is 0.0953. The Morgan fingerprint density at radius 3 is 2.90 bits per heavy atom. The second-order valence-electron chi connectivity index (χ2n) is 5.05. The van der Waals surface area contributed by atoms with E-state index in [0.717, 1.165) is 25.5 Å². The summed E-state index contributed by atoms with van der Waals surface area (Å²) in [6.07, 6.45) is 6.33. The van der Waals surface area contributed by atoms with Gasteiger partial charge >= 0.3 is 0 Å². The number of halogens is 1. The predicted octanol–water partition coefficient (Wildman–Crippen LogP) is 2.67. The van der Waals surface area contributed by atoms with E-state index in [2.05, 4.69) is 21.9 Å². The summed E-state index contributed by atoms with van der Waals surface area (Å²) < 4.78 is 13.5. The first-order valence-electron chi connectivity index (χ1n) is 6.83. The zero-order chi connectivity index (χ0) is 14.6. The zero-order valence-corrected chi connectivity index (χ0v) is 12.6. The molecule has 110 valence electrons. The number of amides is 1. The van der Waals surface area contributed by atoms with Crippen molar-refractivity contribution in [1.29, 1.82) is 0 Å².